The number of nitrogens with zero attached hydrogens (tertiary/aromatic N) is 1. The number of ether oxygens (including phenoxy) is 1. The van der Waals surface area contributed by atoms with Gasteiger partial charge in [-0.2, -0.15) is 5.26 Å². The second-order valence-electron chi connectivity index (χ2n) is 5.22. The third-order valence-corrected chi connectivity index (χ3v) is 3.37. The highest BCUT2D eigenvalue weighted by molar-refractivity contribution is 5.27. The van der Waals surface area contributed by atoms with E-state index in [0.29, 0.717) is 6.04 Å². The number of hydrogen-bond acceptors (Lipinski definition) is 3. The molecule has 0 aliphatic rings. The molecule has 1 unspecified atom stereocenters. The van der Waals surface area contributed by atoms with Gasteiger partial charge in [-0.25, -0.2) is 0 Å². The number of nitrogens with one attached hydrogen (secondary N) is 1. The molecule has 1 N–H and O–H groups in total. The molecule has 0 saturated carbocycles. The van der Waals surface area contributed by atoms with E-state index in [2.05, 4.69) is 19.2 Å². The predicted molar refractivity (Wildman–Crippen MR) is 82.6 cm³/mol. The fraction of sp³-hybridized carbons (Fsp3) is 0.588. The first kappa shape index (κ1) is 16.5. The summed E-state index contributed by atoms with van der Waals surface area (Å²) in [6, 6.07) is 10.4. The zero-order chi connectivity index (χ0) is 14.6. The zero-order valence-electron chi connectivity index (χ0n) is 12.7. The lowest BCUT2D eigenvalue weighted by atomic mass is 10.1. The molecule has 0 radical (unpaired) electrons. The van der Waals surface area contributed by atoms with Gasteiger partial charge in [-0.3, -0.25) is 0 Å². The molecule has 0 spiro atoms. The van der Waals surface area contributed by atoms with Gasteiger partial charge in [-0.15, -0.1) is 0 Å². The largest absolute Gasteiger partial charge is 0.479 e. The normalized spacial score (nSPS) is 11.8. The van der Waals surface area contributed by atoms with Crippen LogP contribution in [0, 0.1) is 11.3 Å². The van der Waals surface area contributed by atoms with Crippen molar-refractivity contribution in [1.82, 2.24) is 5.32 Å². The lowest BCUT2D eigenvalue weighted by Crippen LogP contribution is -2.25. The SMILES string of the molecule is CCCCCCC(C)NCc1ccc(OCC#N)cc1. The van der Waals surface area contributed by atoms with Crippen LogP contribution >= 0.6 is 0 Å². The maximum absolute atomic E-state index is 8.45. The second kappa shape index (κ2) is 10.3. The maximum Gasteiger partial charge on any atom is 0.174 e. The van der Waals surface area contributed by atoms with Gasteiger partial charge in [0.15, 0.2) is 6.61 Å². The Balaban J connectivity index is 2.22. The molecule has 0 saturated heterocycles. The van der Waals surface area contributed by atoms with Gasteiger partial charge in [0.2, 0.25) is 0 Å². The third kappa shape index (κ3) is 7.16. The molecule has 0 aliphatic heterocycles. The molecule has 3 nitrogen and oxygen atoms in total. The highest BCUT2D eigenvalue weighted by Crippen LogP contribution is 2.12. The number of unbranched alkanes of at least 4 members (excludes halogenated alkanes) is 3. The highest BCUT2D eigenvalue weighted by Gasteiger charge is 2.02. The van der Waals surface area contributed by atoms with Crippen molar-refractivity contribution in [3.8, 4) is 11.8 Å². The van der Waals surface area contributed by atoms with Gasteiger partial charge in [0.25, 0.3) is 0 Å². The summed E-state index contributed by atoms with van der Waals surface area (Å²) in [4.78, 5) is 0. The van der Waals surface area contributed by atoms with Crippen LogP contribution in [0.5, 0.6) is 5.75 Å². The van der Waals surface area contributed by atoms with Crippen LogP contribution in [0.2, 0.25) is 0 Å². The van der Waals surface area contributed by atoms with Gasteiger partial charge in [-0.1, -0.05) is 44.7 Å². The second-order valence-corrected chi connectivity index (χ2v) is 5.22. The summed E-state index contributed by atoms with van der Waals surface area (Å²) < 4.78 is 5.23. The van der Waals surface area contributed by atoms with Gasteiger partial charge in [0.05, 0.1) is 0 Å². The van der Waals surface area contributed by atoms with Crippen molar-refractivity contribution in [2.24, 2.45) is 0 Å². The maximum atomic E-state index is 8.45. The molecule has 1 rings (SSSR count). The fourth-order valence-corrected chi connectivity index (χ4v) is 2.09. The molecular formula is C17H26N2O. The van der Waals surface area contributed by atoms with Crippen molar-refractivity contribution >= 4 is 0 Å². The summed E-state index contributed by atoms with van der Waals surface area (Å²) in [6.07, 6.45) is 6.53. The van der Waals surface area contributed by atoms with Gasteiger partial charge >= 0.3 is 0 Å². The van der Waals surface area contributed by atoms with E-state index in [9.17, 15) is 0 Å². The van der Waals surface area contributed by atoms with Crippen LogP contribution in [0.3, 0.4) is 0 Å². The molecule has 110 valence electrons. The summed E-state index contributed by atoms with van der Waals surface area (Å²) >= 11 is 0. The first-order chi connectivity index (χ1) is 9.76. The average molecular weight is 274 g/mol. The van der Waals surface area contributed by atoms with Crippen LogP contribution in [-0.2, 0) is 6.54 Å². The van der Waals surface area contributed by atoms with Gasteiger partial charge in [0.1, 0.15) is 11.8 Å². The fourth-order valence-electron chi connectivity index (χ4n) is 2.09. The number of rotatable bonds is 10. The van der Waals surface area contributed by atoms with Crippen LogP contribution < -0.4 is 10.1 Å². The van der Waals surface area contributed by atoms with Crippen LogP contribution in [0.15, 0.2) is 24.3 Å². The third-order valence-electron chi connectivity index (χ3n) is 3.37. The number of benzene rings is 1. The van der Waals surface area contributed by atoms with E-state index in [4.69, 9.17) is 10.00 Å². The Morgan fingerprint density at radius 3 is 2.60 bits per heavy atom. The predicted octanol–water partition coefficient (Wildman–Crippen LogP) is 4.04. The molecule has 0 aliphatic carbocycles. The molecule has 1 aromatic carbocycles. The highest BCUT2D eigenvalue weighted by atomic mass is 16.5. The van der Waals surface area contributed by atoms with Crippen LogP contribution in [-0.4, -0.2) is 12.6 Å². The van der Waals surface area contributed by atoms with E-state index in [1.165, 1.54) is 37.7 Å². The van der Waals surface area contributed by atoms with Crippen molar-refractivity contribution < 1.29 is 4.74 Å². The zero-order valence-corrected chi connectivity index (χ0v) is 12.7. The van der Waals surface area contributed by atoms with E-state index in [1.807, 2.05) is 30.3 Å². The summed E-state index contributed by atoms with van der Waals surface area (Å²) in [7, 11) is 0. The Hall–Kier alpha value is -1.53. The molecular weight excluding hydrogens is 248 g/mol. The van der Waals surface area contributed by atoms with Crippen molar-refractivity contribution in [2.75, 3.05) is 6.61 Å². The summed E-state index contributed by atoms with van der Waals surface area (Å²) in [6.45, 7) is 5.47. The molecule has 20 heavy (non-hydrogen) atoms. The molecule has 0 aromatic heterocycles. The van der Waals surface area contributed by atoms with Crippen molar-refractivity contribution in [3.05, 3.63) is 29.8 Å². The number of hydrogen-bond donors (Lipinski definition) is 1. The molecule has 0 amide bonds. The first-order valence-electron chi connectivity index (χ1n) is 7.58. The Morgan fingerprint density at radius 1 is 1.20 bits per heavy atom. The van der Waals surface area contributed by atoms with Crippen LogP contribution in [0.1, 0.15) is 51.5 Å². The minimum Gasteiger partial charge on any atom is -0.479 e. The Bertz CT molecular complexity index is 394. The lowest BCUT2D eigenvalue weighted by Gasteiger charge is -2.14. The molecule has 0 bridgehead atoms. The van der Waals surface area contributed by atoms with E-state index < -0.39 is 0 Å². The van der Waals surface area contributed by atoms with Crippen molar-refractivity contribution in [3.63, 3.8) is 0 Å². The average Bonchev–Trinajstić information content (AvgIpc) is 2.48. The minimum absolute atomic E-state index is 0.104. The summed E-state index contributed by atoms with van der Waals surface area (Å²) in [5.41, 5.74) is 1.25. The van der Waals surface area contributed by atoms with E-state index >= 15 is 0 Å². The molecule has 1 aromatic rings. The standard InChI is InChI=1S/C17H26N2O/c1-3-4-5-6-7-15(2)19-14-16-8-10-17(11-9-16)20-13-12-18/h8-11,15,19H,3-7,13-14H2,1-2H3. The summed E-state index contributed by atoms with van der Waals surface area (Å²) in [5.74, 6) is 0.753. The van der Waals surface area contributed by atoms with E-state index in [1.54, 1.807) is 0 Å². The Kier molecular flexibility index (Phi) is 8.49. The summed E-state index contributed by atoms with van der Waals surface area (Å²) in [5, 5.41) is 12.0. The van der Waals surface area contributed by atoms with Gasteiger partial charge in [-0.05, 0) is 31.0 Å². The number of nitriles is 1. The van der Waals surface area contributed by atoms with Crippen LogP contribution in [0.4, 0.5) is 0 Å². The molecule has 0 heterocycles. The quantitative estimate of drug-likeness (QED) is 0.655. The molecule has 0 fully saturated rings. The Labute approximate surface area is 123 Å². The Morgan fingerprint density at radius 2 is 1.95 bits per heavy atom. The van der Waals surface area contributed by atoms with Crippen molar-refractivity contribution in [2.45, 2.75) is 58.5 Å². The van der Waals surface area contributed by atoms with Crippen molar-refractivity contribution in [1.29, 1.82) is 5.26 Å². The topological polar surface area (TPSA) is 45.0 Å². The molecule has 1 atom stereocenters. The lowest BCUT2D eigenvalue weighted by molar-refractivity contribution is 0.368. The van der Waals surface area contributed by atoms with E-state index in [0.717, 1.165) is 12.3 Å². The molecule has 3 heteroatoms. The first-order valence-corrected chi connectivity index (χ1v) is 7.58. The van der Waals surface area contributed by atoms with Crippen LogP contribution in [0.25, 0.3) is 0 Å². The van der Waals surface area contributed by atoms with Gasteiger partial charge in [0, 0.05) is 12.6 Å². The van der Waals surface area contributed by atoms with Gasteiger partial charge < -0.3 is 10.1 Å². The van der Waals surface area contributed by atoms with E-state index in [-0.39, 0.29) is 6.61 Å². The smallest absolute Gasteiger partial charge is 0.174 e. The minimum atomic E-state index is 0.104. The monoisotopic (exact) mass is 274 g/mol.